The van der Waals surface area contributed by atoms with Crippen LogP contribution in [0.25, 0.3) is 0 Å². The van der Waals surface area contributed by atoms with Gasteiger partial charge in [0.05, 0.1) is 22.1 Å². The Labute approximate surface area is 187 Å². The van der Waals surface area contributed by atoms with E-state index in [2.05, 4.69) is 10.6 Å². The molecule has 9 heteroatoms. The topological polar surface area (TPSA) is 95.6 Å². The minimum atomic E-state index is -3.72. The second-order valence-electron chi connectivity index (χ2n) is 7.45. The third-order valence-electron chi connectivity index (χ3n) is 5.17. The first-order chi connectivity index (χ1) is 14.8. The second-order valence-corrected chi connectivity index (χ2v) is 9.82. The molecule has 2 amide bonds. The summed E-state index contributed by atoms with van der Waals surface area (Å²) in [5.74, 6) is -1.07. The number of hydrogen-bond acceptors (Lipinski definition) is 4. The number of rotatable bonds is 7. The SMILES string of the molecule is CCCNC(=O)c1ccccc1NC(=O)[C@@H]1CCCN(S(=O)(=O)c2ccc(Cl)cc2)C1. The van der Waals surface area contributed by atoms with Crippen LogP contribution in [0.2, 0.25) is 5.02 Å². The van der Waals surface area contributed by atoms with Crippen molar-refractivity contribution in [2.24, 2.45) is 5.92 Å². The van der Waals surface area contributed by atoms with E-state index in [9.17, 15) is 18.0 Å². The molecule has 1 aliphatic rings. The molecular weight excluding hydrogens is 438 g/mol. The van der Waals surface area contributed by atoms with Gasteiger partial charge in [0.2, 0.25) is 15.9 Å². The van der Waals surface area contributed by atoms with Crippen LogP contribution in [-0.2, 0) is 14.8 Å². The van der Waals surface area contributed by atoms with Crippen LogP contribution in [0.4, 0.5) is 5.69 Å². The third kappa shape index (κ3) is 5.64. The van der Waals surface area contributed by atoms with E-state index in [-0.39, 0.29) is 23.3 Å². The molecule has 166 valence electrons. The molecule has 7 nitrogen and oxygen atoms in total. The number of amides is 2. The highest BCUT2D eigenvalue weighted by Crippen LogP contribution is 2.26. The summed E-state index contributed by atoms with van der Waals surface area (Å²) in [5, 5.41) is 6.08. The lowest BCUT2D eigenvalue weighted by Gasteiger charge is -2.31. The van der Waals surface area contributed by atoms with E-state index >= 15 is 0 Å². The summed E-state index contributed by atoms with van der Waals surface area (Å²) < 4.78 is 27.3. The van der Waals surface area contributed by atoms with E-state index in [4.69, 9.17) is 11.6 Å². The fourth-order valence-electron chi connectivity index (χ4n) is 3.49. The van der Waals surface area contributed by atoms with Gasteiger partial charge in [-0.25, -0.2) is 8.42 Å². The summed E-state index contributed by atoms with van der Waals surface area (Å²) in [6.45, 7) is 2.94. The van der Waals surface area contributed by atoms with Crippen molar-refractivity contribution < 1.29 is 18.0 Å². The first-order valence-corrected chi connectivity index (χ1v) is 12.1. The largest absolute Gasteiger partial charge is 0.352 e. The Bertz CT molecular complexity index is 1040. The highest BCUT2D eigenvalue weighted by molar-refractivity contribution is 7.89. The maximum Gasteiger partial charge on any atom is 0.253 e. The van der Waals surface area contributed by atoms with E-state index in [0.29, 0.717) is 42.2 Å². The maximum absolute atomic E-state index is 13.0. The minimum absolute atomic E-state index is 0.0843. The quantitative estimate of drug-likeness (QED) is 0.656. The standard InChI is InChI=1S/C22H26ClN3O4S/c1-2-13-24-22(28)19-7-3-4-8-20(19)25-21(27)16-6-5-14-26(15-16)31(29,30)18-11-9-17(23)10-12-18/h3-4,7-12,16H,2,5-6,13-15H2,1H3,(H,24,28)(H,25,27)/t16-/m1/s1. The molecule has 2 aromatic rings. The lowest BCUT2D eigenvalue weighted by Crippen LogP contribution is -2.43. The van der Waals surface area contributed by atoms with Crippen LogP contribution >= 0.6 is 11.6 Å². The van der Waals surface area contributed by atoms with Gasteiger partial charge in [0, 0.05) is 24.7 Å². The lowest BCUT2D eigenvalue weighted by atomic mass is 9.98. The number of sulfonamides is 1. The number of anilines is 1. The Morgan fingerprint density at radius 1 is 1.13 bits per heavy atom. The van der Waals surface area contributed by atoms with E-state index in [1.807, 2.05) is 6.92 Å². The van der Waals surface area contributed by atoms with Gasteiger partial charge in [-0.1, -0.05) is 30.7 Å². The Morgan fingerprint density at radius 2 is 1.84 bits per heavy atom. The summed E-state index contributed by atoms with van der Waals surface area (Å²) in [6.07, 6.45) is 1.95. The number of carbonyl (C=O) groups excluding carboxylic acids is 2. The Morgan fingerprint density at radius 3 is 2.55 bits per heavy atom. The van der Waals surface area contributed by atoms with Crippen LogP contribution in [0, 0.1) is 5.92 Å². The van der Waals surface area contributed by atoms with Gasteiger partial charge in [-0.15, -0.1) is 0 Å². The van der Waals surface area contributed by atoms with Crippen LogP contribution in [-0.4, -0.2) is 44.2 Å². The van der Waals surface area contributed by atoms with Gasteiger partial charge < -0.3 is 10.6 Å². The summed E-state index contributed by atoms with van der Waals surface area (Å²) in [5.41, 5.74) is 0.796. The molecule has 0 unspecified atom stereocenters. The molecule has 0 saturated carbocycles. The molecular formula is C22H26ClN3O4S. The van der Waals surface area contributed by atoms with Crippen molar-refractivity contribution in [1.82, 2.24) is 9.62 Å². The van der Waals surface area contributed by atoms with Gasteiger partial charge in [0.15, 0.2) is 0 Å². The first-order valence-electron chi connectivity index (χ1n) is 10.3. The van der Waals surface area contributed by atoms with Crippen molar-refractivity contribution in [2.45, 2.75) is 31.1 Å². The van der Waals surface area contributed by atoms with Crippen molar-refractivity contribution in [3.63, 3.8) is 0 Å². The van der Waals surface area contributed by atoms with Gasteiger partial charge in [-0.2, -0.15) is 4.31 Å². The van der Waals surface area contributed by atoms with Crippen molar-refractivity contribution >= 4 is 39.1 Å². The Balaban J connectivity index is 1.72. The average Bonchev–Trinajstić information content (AvgIpc) is 2.78. The predicted octanol–water partition coefficient (Wildman–Crippen LogP) is 3.52. The molecule has 1 saturated heterocycles. The number of piperidine rings is 1. The minimum Gasteiger partial charge on any atom is -0.352 e. The van der Waals surface area contributed by atoms with Crippen molar-refractivity contribution in [1.29, 1.82) is 0 Å². The number of hydrogen-bond donors (Lipinski definition) is 2. The average molecular weight is 464 g/mol. The van der Waals surface area contributed by atoms with Crippen LogP contribution < -0.4 is 10.6 Å². The maximum atomic E-state index is 13.0. The molecule has 2 aromatic carbocycles. The molecule has 0 bridgehead atoms. The van der Waals surface area contributed by atoms with Crippen LogP contribution in [0.5, 0.6) is 0 Å². The van der Waals surface area contributed by atoms with Gasteiger partial charge in [0.25, 0.3) is 5.91 Å². The third-order valence-corrected chi connectivity index (χ3v) is 7.30. The number of nitrogens with one attached hydrogen (secondary N) is 2. The molecule has 2 N–H and O–H groups in total. The normalized spacial score (nSPS) is 17.2. The molecule has 0 spiro atoms. The predicted molar refractivity (Wildman–Crippen MR) is 121 cm³/mol. The monoisotopic (exact) mass is 463 g/mol. The van der Waals surface area contributed by atoms with Crippen molar-refractivity contribution in [3.8, 4) is 0 Å². The Kier molecular flexibility index (Phi) is 7.69. The molecule has 0 aromatic heterocycles. The molecule has 1 atom stereocenters. The Hall–Kier alpha value is -2.42. The zero-order chi connectivity index (χ0) is 22.4. The highest BCUT2D eigenvalue weighted by atomic mass is 35.5. The molecule has 1 heterocycles. The molecule has 1 aliphatic heterocycles. The van der Waals surface area contributed by atoms with E-state index in [1.165, 1.54) is 28.6 Å². The zero-order valence-corrected chi connectivity index (χ0v) is 18.9. The first kappa shape index (κ1) is 23.2. The second kappa shape index (κ2) is 10.3. The van der Waals surface area contributed by atoms with E-state index in [0.717, 1.165) is 6.42 Å². The van der Waals surface area contributed by atoms with E-state index in [1.54, 1.807) is 24.3 Å². The fourth-order valence-corrected chi connectivity index (χ4v) is 5.14. The number of nitrogens with zero attached hydrogens (tertiary/aromatic N) is 1. The van der Waals surface area contributed by atoms with Crippen molar-refractivity contribution in [2.75, 3.05) is 25.0 Å². The summed E-state index contributed by atoms with van der Waals surface area (Å²) in [7, 11) is -3.72. The van der Waals surface area contributed by atoms with Crippen LogP contribution in [0.1, 0.15) is 36.5 Å². The summed E-state index contributed by atoms with van der Waals surface area (Å²) >= 11 is 5.86. The molecule has 0 aliphatic carbocycles. The number of carbonyl (C=O) groups is 2. The fraction of sp³-hybridized carbons (Fsp3) is 0.364. The number of benzene rings is 2. The molecule has 31 heavy (non-hydrogen) atoms. The summed E-state index contributed by atoms with van der Waals surface area (Å²) in [4.78, 5) is 25.5. The van der Waals surface area contributed by atoms with Gasteiger partial charge in [-0.05, 0) is 55.7 Å². The molecule has 3 rings (SSSR count). The van der Waals surface area contributed by atoms with Crippen molar-refractivity contribution in [3.05, 3.63) is 59.1 Å². The molecule has 1 fully saturated rings. The lowest BCUT2D eigenvalue weighted by molar-refractivity contribution is -0.120. The van der Waals surface area contributed by atoms with Gasteiger partial charge in [0.1, 0.15) is 0 Å². The van der Waals surface area contributed by atoms with E-state index < -0.39 is 15.9 Å². The zero-order valence-electron chi connectivity index (χ0n) is 17.3. The smallest absolute Gasteiger partial charge is 0.253 e. The van der Waals surface area contributed by atoms with Crippen LogP contribution in [0.15, 0.2) is 53.4 Å². The van der Waals surface area contributed by atoms with Gasteiger partial charge >= 0.3 is 0 Å². The number of halogens is 1. The number of para-hydroxylation sites is 1. The van der Waals surface area contributed by atoms with Crippen LogP contribution in [0.3, 0.4) is 0 Å². The molecule has 0 radical (unpaired) electrons. The highest BCUT2D eigenvalue weighted by Gasteiger charge is 2.33. The van der Waals surface area contributed by atoms with Gasteiger partial charge in [-0.3, -0.25) is 9.59 Å². The summed E-state index contributed by atoms with van der Waals surface area (Å²) in [6, 6.07) is 12.8.